The molecule has 0 bridgehead atoms. The smallest absolute Gasteiger partial charge is 0.165 e. The predicted molar refractivity (Wildman–Crippen MR) is 63.3 cm³/mol. The summed E-state index contributed by atoms with van der Waals surface area (Å²) in [5.41, 5.74) is 0.604. The van der Waals surface area contributed by atoms with Crippen molar-refractivity contribution >= 4 is 0 Å². The maximum Gasteiger partial charge on any atom is 0.165 e. The van der Waals surface area contributed by atoms with Crippen LogP contribution in [0.15, 0.2) is 18.2 Å². The zero-order valence-electron chi connectivity index (χ0n) is 9.79. The number of benzene rings is 1. The van der Waals surface area contributed by atoms with Gasteiger partial charge >= 0.3 is 0 Å². The molecule has 1 aromatic rings. The molecule has 0 saturated carbocycles. The van der Waals surface area contributed by atoms with Crippen LogP contribution in [0.2, 0.25) is 0 Å². The second-order valence-corrected chi connectivity index (χ2v) is 4.44. The highest BCUT2D eigenvalue weighted by atomic mass is 19.1. The summed E-state index contributed by atoms with van der Waals surface area (Å²) in [6.45, 7) is 3.09. The molecule has 1 atom stereocenters. The summed E-state index contributed by atoms with van der Waals surface area (Å²) in [5, 5.41) is 12.7. The second kappa shape index (κ2) is 5.98. The molecule has 94 valence electrons. The molecule has 2 N–H and O–H groups in total. The van der Waals surface area contributed by atoms with Crippen LogP contribution in [0.25, 0.3) is 0 Å². The lowest BCUT2D eigenvalue weighted by Crippen LogP contribution is -2.18. The van der Waals surface area contributed by atoms with Gasteiger partial charge in [-0.25, -0.2) is 4.39 Å². The molecular formula is C13H18FNO2. The number of phenols is 1. The minimum absolute atomic E-state index is 0.246. The third-order valence-corrected chi connectivity index (χ3v) is 3.14. The maximum absolute atomic E-state index is 13.0. The van der Waals surface area contributed by atoms with Gasteiger partial charge in [0.15, 0.2) is 11.6 Å². The van der Waals surface area contributed by atoms with E-state index in [9.17, 15) is 9.50 Å². The summed E-state index contributed by atoms with van der Waals surface area (Å²) in [6, 6.07) is 4.59. The Morgan fingerprint density at radius 3 is 3.12 bits per heavy atom. The molecule has 0 spiro atoms. The first kappa shape index (κ1) is 12.3. The van der Waals surface area contributed by atoms with Gasteiger partial charge in [-0.1, -0.05) is 12.1 Å². The van der Waals surface area contributed by atoms with Crippen LogP contribution in [-0.4, -0.2) is 24.9 Å². The van der Waals surface area contributed by atoms with Crippen molar-refractivity contribution < 1.29 is 14.2 Å². The first-order valence-electron chi connectivity index (χ1n) is 6.02. The van der Waals surface area contributed by atoms with Gasteiger partial charge in [0.05, 0.1) is 0 Å². The Bertz CT molecular complexity index is 364. The molecule has 1 heterocycles. The van der Waals surface area contributed by atoms with Gasteiger partial charge in [0.1, 0.15) is 0 Å². The van der Waals surface area contributed by atoms with Crippen molar-refractivity contribution in [2.75, 3.05) is 19.8 Å². The van der Waals surface area contributed by atoms with Gasteiger partial charge in [0.2, 0.25) is 0 Å². The molecule has 17 heavy (non-hydrogen) atoms. The number of nitrogens with one attached hydrogen (secondary N) is 1. The van der Waals surface area contributed by atoms with Crippen LogP contribution >= 0.6 is 0 Å². The molecule has 0 aliphatic carbocycles. The molecule has 3 nitrogen and oxygen atoms in total. The van der Waals surface area contributed by atoms with E-state index < -0.39 is 5.82 Å². The van der Waals surface area contributed by atoms with Gasteiger partial charge in [0.25, 0.3) is 0 Å². The van der Waals surface area contributed by atoms with E-state index in [-0.39, 0.29) is 5.75 Å². The SMILES string of the molecule is Oc1c(F)cccc1CNCCC1CCOC1. The quantitative estimate of drug-likeness (QED) is 0.773. The largest absolute Gasteiger partial charge is 0.505 e. The third-order valence-electron chi connectivity index (χ3n) is 3.14. The summed E-state index contributed by atoms with van der Waals surface area (Å²) in [6.07, 6.45) is 2.20. The minimum Gasteiger partial charge on any atom is -0.505 e. The minimum atomic E-state index is -0.562. The van der Waals surface area contributed by atoms with E-state index in [0.29, 0.717) is 18.0 Å². The zero-order valence-corrected chi connectivity index (χ0v) is 9.79. The molecule has 1 fully saturated rings. The van der Waals surface area contributed by atoms with Gasteiger partial charge in [-0.2, -0.15) is 0 Å². The monoisotopic (exact) mass is 239 g/mol. The highest BCUT2D eigenvalue weighted by Crippen LogP contribution is 2.20. The van der Waals surface area contributed by atoms with E-state index in [1.165, 1.54) is 6.07 Å². The second-order valence-electron chi connectivity index (χ2n) is 4.44. The molecule has 4 heteroatoms. The highest BCUT2D eigenvalue weighted by molar-refractivity contribution is 5.33. The summed E-state index contributed by atoms with van der Waals surface area (Å²) in [7, 11) is 0. The molecule has 1 aliphatic rings. The Labute approximate surface area is 101 Å². The van der Waals surface area contributed by atoms with Crippen LogP contribution in [0.4, 0.5) is 4.39 Å². The fourth-order valence-electron chi connectivity index (χ4n) is 2.04. The molecule has 0 amide bonds. The fraction of sp³-hybridized carbons (Fsp3) is 0.538. The van der Waals surface area contributed by atoms with Gasteiger partial charge < -0.3 is 15.2 Å². The van der Waals surface area contributed by atoms with Gasteiger partial charge in [0, 0.05) is 25.3 Å². The Morgan fingerprint density at radius 1 is 1.47 bits per heavy atom. The molecule has 1 aliphatic heterocycles. The number of ether oxygens (including phenoxy) is 1. The summed E-state index contributed by atoms with van der Waals surface area (Å²) < 4.78 is 18.3. The van der Waals surface area contributed by atoms with Crippen LogP contribution in [-0.2, 0) is 11.3 Å². The fourth-order valence-corrected chi connectivity index (χ4v) is 2.04. The Kier molecular flexibility index (Phi) is 4.34. The van der Waals surface area contributed by atoms with Crippen molar-refractivity contribution in [3.63, 3.8) is 0 Å². The van der Waals surface area contributed by atoms with Gasteiger partial charge in [-0.05, 0) is 31.4 Å². The number of para-hydroxylation sites is 1. The zero-order chi connectivity index (χ0) is 12.1. The van der Waals surface area contributed by atoms with Crippen molar-refractivity contribution in [3.05, 3.63) is 29.6 Å². The van der Waals surface area contributed by atoms with Crippen LogP contribution in [0, 0.1) is 11.7 Å². The third kappa shape index (κ3) is 3.41. The number of hydrogen-bond donors (Lipinski definition) is 2. The molecule has 1 saturated heterocycles. The molecule has 0 radical (unpaired) electrons. The lowest BCUT2D eigenvalue weighted by molar-refractivity contribution is 0.184. The Morgan fingerprint density at radius 2 is 2.35 bits per heavy atom. The normalized spacial score (nSPS) is 19.7. The van der Waals surface area contributed by atoms with E-state index in [1.807, 2.05) is 0 Å². The molecular weight excluding hydrogens is 221 g/mol. The summed E-state index contributed by atoms with van der Waals surface area (Å²) in [5.74, 6) is -0.165. The topological polar surface area (TPSA) is 41.5 Å². The van der Waals surface area contributed by atoms with E-state index in [2.05, 4.69) is 5.32 Å². The lowest BCUT2D eigenvalue weighted by atomic mass is 10.1. The molecule has 2 rings (SSSR count). The number of phenolic OH excluding ortho intramolecular Hbond substituents is 1. The van der Waals surface area contributed by atoms with Crippen molar-refractivity contribution in [2.45, 2.75) is 19.4 Å². The van der Waals surface area contributed by atoms with E-state index >= 15 is 0 Å². The van der Waals surface area contributed by atoms with Crippen molar-refractivity contribution in [2.24, 2.45) is 5.92 Å². The summed E-state index contributed by atoms with van der Waals surface area (Å²) in [4.78, 5) is 0. The van der Waals surface area contributed by atoms with Gasteiger partial charge in [-0.15, -0.1) is 0 Å². The lowest BCUT2D eigenvalue weighted by Gasteiger charge is -2.09. The van der Waals surface area contributed by atoms with Gasteiger partial charge in [-0.3, -0.25) is 0 Å². The van der Waals surface area contributed by atoms with Crippen molar-refractivity contribution in [1.82, 2.24) is 5.32 Å². The van der Waals surface area contributed by atoms with Crippen LogP contribution < -0.4 is 5.32 Å². The Balaban J connectivity index is 1.72. The molecule has 1 aromatic carbocycles. The summed E-state index contributed by atoms with van der Waals surface area (Å²) >= 11 is 0. The van der Waals surface area contributed by atoms with Crippen LogP contribution in [0.1, 0.15) is 18.4 Å². The maximum atomic E-state index is 13.0. The van der Waals surface area contributed by atoms with Crippen molar-refractivity contribution in [3.8, 4) is 5.75 Å². The average molecular weight is 239 g/mol. The Hall–Kier alpha value is -1.13. The number of aromatic hydroxyl groups is 1. The van der Waals surface area contributed by atoms with E-state index in [0.717, 1.165) is 32.6 Å². The average Bonchev–Trinajstić information content (AvgIpc) is 2.83. The molecule has 1 unspecified atom stereocenters. The number of hydrogen-bond acceptors (Lipinski definition) is 3. The van der Waals surface area contributed by atoms with Crippen molar-refractivity contribution in [1.29, 1.82) is 0 Å². The predicted octanol–water partition coefficient (Wildman–Crippen LogP) is 2.05. The standard InChI is InChI=1S/C13H18FNO2/c14-12-3-1-2-11(13(12)16)8-15-6-4-10-5-7-17-9-10/h1-3,10,15-16H,4-9H2. The van der Waals surface area contributed by atoms with Crippen LogP contribution in [0.3, 0.4) is 0 Å². The number of halogens is 1. The van der Waals surface area contributed by atoms with Crippen LogP contribution in [0.5, 0.6) is 5.75 Å². The number of rotatable bonds is 5. The first-order chi connectivity index (χ1) is 8.27. The first-order valence-corrected chi connectivity index (χ1v) is 6.02. The van der Waals surface area contributed by atoms with E-state index in [4.69, 9.17) is 4.74 Å². The highest BCUT2D eigenvalue weighted by Gasteiger charge is 2.14. The molecule has 0 aromatic heterocycles. The van der Waals surface area contributed by atoms with E-state index in [1.54, 1.807) is 12.1 Å².